The summed E-state index contributed by atoms with van der Waals surface area (Å²) >= 11 is 0. The molecule has 17 heavy (non-hydrogen) atoms. The fourth-order valence-corrected chi connectivity index (χ4v) is 1.52. The molecule has 0 radical (unpaired) electrons. The molecule has 0 unspecified atom stereocenters. The van der Waals surface area contributed by atoms with E-state index >= 15 is 0 Å². The topological polar surface area (TPSA) is 68.9 Å². The maximum absolute atomic E-state index is 5.70. The Morgan fingerprint density at radius 2 is 2.24 bits per heavy atom. The molecule has 0 saturated carbocycles. The smallest absolute Gasteiger partial charge is 0.231 e. The second-order valence-electron chi connectivity index (χ2n) is 3.82. The van der Waals surface area contributed by atoms with Crippen molar-refractivity contribution in [3.05, 3.63) is 23.8 Å². The maximum Gasteiger partial charge on any atom is 0.231 e. The van der Waals surface area contributed by atoms with Gasteiger partial charge in [-0.05, 0) is 24.1 Å². The van der Waals surface area contributed by atoms with Gasteiger partial charge in [-0.3, -0.25) is 0 Å². The van der Waals surface area contributed by atoms with Crippen molar-refractivity contribution in [1.82, 2.24) is 5.32 Å². The monoisotopic (exact) mass is 235 g/mol. The van der Waals surface area contributed by atoms with E-state index in [1.165, 1.54) is 0 Å². The van der Waals surface area contributed by atoms with Crippen molar-refractivity contribution in [2.75, 3.05) is 13.3 Å². The molecule has 1 aliphatic heterocycles. The molecule has 0 aromatic heterocycles. The molecular formula is C12H17N3O2. The van der Waals surface area contributed by atoms with E-state index in [-0.39, 0.29) is 0 Å². The Bertz CT molecular complexity index is 418. The van der Waals surface area contributed by atoms with Gasteiger partial charge in [0.15, 0.2) is 17.5 Å². The van der Waals surface area contributed by atoms with Crippen LogP contribution in [0.25, 0.3) is 0 Å². The first kappa shape index (κ1) is 11.6. The predicted octanol–water partition coefficient (Wildman–Crippen LogP) is 1.23. The fourth-order valence-electron chi connectivity index (χ4n) is 1.52. The van der Waals surface area contributed by atoms with Crippen molar-refractivity contribution >= 4 is 5.96 Å². The van der Waals surface area contributed by atoms with E-state index in [0.717, 1.165) is 30.0 Å². The van der Waals surface area contributed by atoms with Gasteiger partial charge in [0.2, 0.25) is 6.79 Å². The number of aliphatic imine (C=N–C) groups is 1. The van der Waals surface area contributed by atoms with Gasteiger partial charge in [0.25, 0.3) is 0 Å². The van der Waals surface area contributed by atoms with Gasteiger partial charge in [-0.2, -0.15) is 0 Å². The highest BCUT2D eigenvalue weighted by Crippen LogP contribution is 2.32. The van der Waals surface area contributed by atoms with E-state index in [0.29, 0.717) is 19.3 Å². The summed E-state index contributed by atoms with van der Waals surface area (Å²) in [5.41, 5.74) is 6.75. The lowest BCUT2D eigenvalue weighted by Gasteiger charge is -2.04. The number of nitrogens with two attached hydrogens (primary N) is 1. The van der Waals surface area contributed by atoms with Crippen LogP contribution in [0.1, 0.15) is 18.9 Å². The lowest BCUT2D eigenvalue weighted by Crippen LogP contribution is -2.32. The molecule has 1 aromatic rings. The summed E-state index contributed by atoms with van der Waals surface area (Å²) in [5.74, 6) is 2.04. The summed E-state index contributed by atoms with van der Waals surface area (Å²) in [5, 5.41) is 3.03. The molecule has 1 aliphatic rings. The first-order chi connectivity index (χ1) is 8.29. The number of ether oxygens (including phenoxy) is 2. The molecule has 0 saturated heterocycles. The molecule has 0 atom stereocenters. The normalized spacial score (nSPS) is 13.8. The Labute approximate surface area is 101 Å². The molecule has 0 aliphatic carbocycles. The molecule has 3 N–H and O–H groups in total. The van der Waals surface area contributed by atoms with Crippen LogP contribution in [-0.2, 0) is 6.54 Å². The highest BCUT2D eigenvalue weighted by atomic mass is 16.7. The van der Waals surface area contributed by atoms with Crippen LogP contribution in [0.4, 0.5) is 0 Å². The number of rotatable bonds is 4. The van der Waals surface area contributed by atoms with Gasteiger partial charge in [-0.15, -0.1) is 0 Å². The van der Waals surface area contributed by atoms with Crippen molar-refractivity contribution in [3.8, 4) is 11.5 Å². The quantitative estimate of drug-likeness (QED) is 0.608. The van der Waals surface area contributed by atoms with Crippen LogP contribution >= 0.6 is 0 Å². The lowest BCUT2D eigenvalue weighted by atomic mass is 10.2. The zero-order valence-electron chi connectivity index (χ0n) is 9.90. The Morgan fingerprint density at radius 3 is 3.06 bits per heavy atom. The Hall–Kier alpha value is -1.91. The van der Waals surface area contributed by atoms with Crippen LogP contribution in [0, 0.1) is 0 Å². The highest BCUT2D eigenvalue weighted by Gasteiger charge is 2.12. The van der Waals surface area contributed by atoms with E-state index in [2.05, 4.69) is 17.2 Å². The zero-order valence-corrected chi connectivity index (χ0v) is 9.90. The molecular weight excluding hydrogens is 218 g/mol. The third-order valence-corrected chi connectivity index (χ3v) is 2.43. The summed E-state index contributed by atoms with van der Waals surface area (Å²) < 4.78 is 10.5. The van der Waals surface area contributed by atoms with Gasteiger partial charge in [0.05, 0.1) is 6.54 Å². The van der Waals surface area contributed by atoms with Gasteiger partial charge in [-0.1, -0.05) is 13.0 Å². The van der Waals surface area contributed by atoms with Gasteiger partial charge in [0.1, 0.15) is 0 Å². The number of hydrogen-bond acceptors (Lipinski definition) is 3. The van der Waals surface area contributed by atoms with Crippen molar-refractivity contribution < 1.29 is 9.47 Å². The summed E-state index contributed by atoms with van der Waals surface area (Å²) in [6, 6.07) is 5.78. The van der Waals surface area contributed by atoms with E-state index in [1.807, 2.05) is 18.2 Å². The second-order valence-corrected chi connectivity index (χ2v) is 3.82. The second kappa shape index (κ2) is 5.43. The average Bonchev–Trinajstić information content (AvgIpc) is 2.81. The third kappa shape index (κ3) is 3.03. The van der Waals surface area contributed by atoms with Gasteiger partial charge >= 0.3 is 0 Å². The Kier molecular flexibility index (Phi) is 3.69. The molecule has 0 bridgehead atoms. The SMILES string of the molecule is CCCNC(N)=NCc1ccc2c(c1)OCO2. The van der Waals surface area contributed by atoms with E-state index in [1.54, 1.807) is 0 Å². The Balaban J connectivity index is 1.95. The third-order valence-electron chi connectivity index (χ3n) is 2.43. The van der Waals surface area contributed by atoms with Crippen LogP contribution in [0.15, 0.2) is 23.2 Å². The summed E-state index contributed by atoms with van der Waals surface area (Å²) in [7, 11) is 0. The lowest BCUT2D eigenvalue weighted by molar-refractivity contribution is 0.174. The molecule has 1 heterocycles. The average molecular weight is 235 g/mol. The summed E-state index contributed by atoms with van der Waals surface area (Å²) in [4.78, 5) is 4.24. The van der Waals surface area contributed by atoms with Crippen molar-refractivity contribution in [2.45, 2.75) is 19.9 Å². The number of fused-ring (bicyclic) bond motifs is 1. The molecule has 1 aromatic carbocycles. The van der Waals surface area contributed by atoms with E-state index in [9.17, 15) is 0 Å². The predicted molar refractivity (Wildman–Crippen MR) is 66.2 cm³/mol. The number of nitrogens with one attached hydrogen (secondary N) is 1. The van der Waals surface area contributed by atoms with Crippen LogP contribution in [-0.4, -0.2) is 19.3 Å². The maximum atomic E-state index is 5.70. The van der Waals surface area contributed by atoms with Crippen molar-refractivity contribution in [3.63, 3.8) is 0 Å². The zero-order chi connectivity index (χ0) is 12.1. The molecule has 92 valence electrons. The van der Waals surface area contributed by atoms with Crippen molar-refractivity contribution in [1.29, 1.82) is 0 Å². The highest BCUT2D eigenvalue weighted by molar-refractivity contribution is 5.77. The molecule has 2 rings (SSSR count). The standard InChI is InChI=1S/C12H17N3O2/c1-2-5-14-12(13)15-7-9-3-4-10-11(6-9)17-8-16-10/h3-4,6H,2,5,7-8H2,1H3,(H3,13,14,15). The number of benzene rings is 1. The van der Waals surface area contributed by atoms with Crippen LogP contribution in [0.5, 0.6) is 11.5 Å². The van der Waals surface area contributed by atoms with Gasteiger partial charge in [0, 0.05) is 6.54 Å². The Morgan fingerprint density at radius 1 is 1.41 bits per heavy atom. The molecule has 0 spiro atoms. The van der Waals surface area contributed by atoms with Crippen molar-refractivity contribution in [2.24, 2.45) is 10.7 Å². The molecule has 5 nitrogen and oxygen atoms in total. The first-order valence-electron chi connectivity index (χ1n) is 5.72. The fraction of sp³-hybridized carbons (Fsp3) is 0.417. The minimum atomic E-state index is 0.294. The molecule has 5 heteroatoms. The molecule has 0 fully saturated rings. The summed E-state index contributed by atoms with van der Waals surface area (Å²) in [6.45, 7) is 3.76. The number of nitrogens with zero attached hydrogens (tertiary/aromatic N) is 1. The molecule has 0 amide bonds. The van der Waals surface area contributed by atoms with Gasteiger partial charge in [-0.25, -0.2) is 4.99 Å². The van der Waals surface area contributed by atoms with Crippen LogP contribution < -0.4 is 20.5 Å². The number of guanidine groups is 1. The van der Waals surface area contributed by atoms with Crippen LogP contribution in [0.2, 0.25) is 0 Å². The first-order valence-corrected chi connectivity index (χ1v) is 5.72. The largest absolute Gasteiger partial charge is 0.454 e. The van der Waals surface area contributed by atoms with E-state index in [4.69, 9.17) is 15.2 Å². The minimum absolute atomic E-state index is 0.294. The van der Waals surface area contributed by atoms with Gasteiger partial charge < -0.3 is 20.5 Å². The summed E-state index contributed by atoms with van der Waals surface area (Å²) in [6.07, 6.45) is 1.03. The van der Waals surface area contributed by atoms with Crippen LogP contribution in [0.3, 0.4) is 0 Å². The number of hydrogen-bond donors (Lipinski definition) is 2. The van der Waals surface area contributed by atoms with E-state index < -0.39 is 0 Å². The minimum Gasteiger partial charge on any atom is -0.454 e.